The molecule has 138 valence electrons. The first-order valence-corrected chi connectivity index (χ1v) is 8.97. The van der Waals surface area contributed by atoms with Crippen LogP contribution in [0, 0.1) is 25.2 Å². The Bertz CT molecular complexity index is 705. The molecule has 1 aliphatic carbocycles. The fourth-order valence-electron chi connectivity index (χ4n) is 4.39. The van der Waals surface area contributed by atoms with E-state index in [4.69, 9.17) is 9.47 Å². The lowest BCUT2D eigenvalue weighted by molar-refractivity contribution is -0.108. The molecule has 25 heavy (non-hydrogen) atoms. The molecule has 2 N–H and O–H groups in total. The van der Waals surface area contributed by atoms with Gasteiger partial charge < -0.3 is 19.8 Å². The molecular weight excluding hydrogens is 320 g/mol. The normalized spacial score (nSPS) is 26.9. The summed E-state index contributed by atoms with van der Waals surface area (Å²) in [4.78, 5) is 28.2. The molecule has 1 aromatic heterocycles. The number of carbonyl (C=O) groups is 2. The topological polar surface area (TPSA) is 80.4 Å². The molecule has 2 aliphatic rings. The van der Waals surface area contributed by atoms with Crippen molar-refractivity contribution in [3.05, 3.63) is 22.5 Å². The molecule has 3 atom stereocenters. The van der Waals surface area contributed by atoms with Crippen molar-refractivity contribution in [2.75, 3.05) is 6.61 Å². The third-order valence-electron chi connectivity index (χ3n) is 5.60. The lowest BCUT2D eigenvalue weighted by Crippen LogP contribution is -2.66. The predicted octanol–water partition coefficient (Wildman–Crippen LogP) is 2.74. The summed E-state index contributed by atoms with van der Waals surface area (Å²) in [5.74, 6) is -0.193. The zero-order valence-electron chi connectivity index (χ0n) is 15.9. The Morgan fingerprint density at radius 2 is 2.00 bits per heavy atom. The number of H-pyrrole nitrogens is 1. The fourth-order valence-corrected chi connectivity index (χ4v) is 4.39. The second kappa shape index (κ2) is 6.16. The smallest absolute Gasteiger partial charge is 0.340 e. The summed E-state index contributed by atoms with van der Waals surface area (Å²) >= 11 is 0. The molecule has 3 rings (SSSR count). The standard InChI is InChI=1S/C19H28N2O4/c1-9(2)25-18(23)13-10(3)14(20-11(13)4)17(22)21-15-12-7-8-24-16(12)19(15,5)6/h9,12,15-16,20H,7-8H2,1-6H3,(H,21,22)/t12-,15+,16+/m0/s1. The van der Waals surface area contributed by atoms with Crippen LogP contribution in [0.2, 0.25) is 0 Å². The SMILES string of the molecule is Cc1[nH]c(C(=O)N[C@@H]2[C@@H]3CCO[C@H]3C2(C)C)c(C)c1C(=O)OC(C)C. The van der Waals surface area contributed by atoms with Gasteiger partial charge in [0.2, 0.25) is 0 Å². The van der Waals surface area contributed by atoms with Gasteiger partial charge >= 0.3 is 5.97 Å². The summed E-state index contributed by atoms with van der Waals surface area (Å²) in [7, 11) is 0. The molecule has 1 saturated carbocycles. The molecule has 0 spiro atoms. The average Bonchev–Trinajstić information content (AvgIpc) is 3.07. The van der Waals surface area contributed by atoms with Gasteiger partial charge in [0, 0.05) is 29.7 Å². The van der Waals surface area contributed by atoms with E-state index in [0.29, 0.717) is 28.4 Å². The van der Waals surface area contributed by atoms with Crippen LogP contribution in [-0.4, -0.2) is 41.7 Å². The first-order chi connectivity index (χ1) is 11.6. The van der Waals surface area contributed by atoms with E-state index in [1.165, 1.54) is 0 Å². The Morgan fingerprint density at radius 3 is 2.64 bits per heavy atom. The molecule has 0 radical (unpaired) electrons. The Kier molecular flexibility index (Phi) is 4.43. The summed E-state index contributed by atoms with van der Waals surface area (Å²) in [5, 5.41) is 3.15. The van der Waals surface area contributed by atoms with Crippen LogP contribution >= 0.6 is 0 Å². The molecule has 2 fully saturated rings. The monoisotopic (exact) mass is 348 g/mol. The number of ether oxygens (including phenoxy) is 2. The molecule has 6 nitrogen and oxygen atoms in total. The van der Waals surface area contributed by atoms with Gasteiger partial charge in [-0.25, -0.2) is 4.79 Å². The quantitative estimate of drug-likeness (QED) is 0.820. The molecule has 1 aromatic rings. The summed E-state index contributed by atoms with van der Waals surface area (Å²) < 4.78 is 11.1. The highest BCUT2D eigenvalue weighted by molar-refractivity contribution is 6.00. The molecule has 1 saturated heterocycles. The number of hydrogen-bond acceptors (Lipinski definition) is 4. The molecule has 0 bridgehead atoms. The number of aryl methyl sites for hydroxylation is 1. The molecular formula is C19H28N2O4. The molecule has 2 heterocycles. The van der Waals surface area contributed by atoms with Crippen LogP contribution in [0.25, 0.3) is 0 Å². The van der Waals surface area contributed by atoms with Crippen molar-refractivity contribution in [3.8, 4) is 0 Å². The number of aromatic nitrogens is 1. The van der Waals surface area contributed by atoms with Gasteiger partial charge in [0.05, 0.1) is 17.8 Å². The average molecular weight is 348 g/mol. The summed E-state index contributed by atoms with van der Waals surface area (Å²) in [6.07, 6.45) is 1.00. The van der Waals surface area contributed by atoms with Crippen LogP contribution in [0.5, 0.6) is 0 Å². The van der Waals surface area contributed by atoms with Gasteiger partial charge in [-0.15, -0.1) is 0 Å². The highest BCUT2D eigenvalue weighted by Gasteiger charge is 2.59. The highest BCUT2D eigenvalue weighted by atomic mass is 16.5. The minimum Gasteiger partial charge on any atom is -0.459 e. The van der Waals surface area contributed by atoms with Gasteiger partial charge in [-0.3, -0.25) is 4.79 Å². The lowest BCUT2D eigenvalue weighted by atomic mass is 9.57. The number of hydrogen-bond donors (Lipinski definition) is 2. The zero-order valence-corrected chi connectivity index (χ0v) is 15.9. The van der Waals surface area contributed by atoms with Gasteiger partial charge in [0.15, 0.2) is 0 Å². The summed E-state index contributed by atoms with van der Waals surface area (Å²) in [6.45, 7) is 12.2. The summed E-state index contributed by atoms with van der Waals surface area (Å²) in [6, 6.07) is 0.0848. The summed E-state index contributed by atoms with van der Waals surface area (Å²) in [5.41, 5.74) is 2.10. The minimum absolute atomic E-state index is 0.0776. The van der Waals surface area contributed by atoms with Crippen LogP contribution in [0.3, 0.4) is 0 Å². The number of fused-ring (bicyclic) bond motifs is 1. The fraction of sp³-hybridized carbons (Fsp3) is 0.684. The molecule has 6 heteroatoms. The minimum atomic E-state index is -0.395. The molecule has 1 amide bonds. The van der Waals surface area contributed by atoms with E-state index in [1.54, 1.807) is 13.8 Å². The van der Waals surface area contributed by atoms with Crippen molar-refractivity contribution in [1.82, 2.24) is 10.3 Å². The predicted molar refractivity (Wildman–Crippen MR) is 93.7 cm³/mol. The number of carbonyl (C=O) groups excluding carboxylic acids is 2. The van der Waals surface area contributed by atoms with Crippen LogP contribution in [-0.2, 0) is 9.47 Å². The van der Waals surface area contributed by atoms with Crippen LogP contribution < -0.4 is 5.32 Å². The van der Waals surface area contributed by atoms with Crippen molar-refractivity contribution in [1.29, 1.82) is 0 Å². The van der Waals surface area contributed by atoms with Crippen molar-refractivity contribution >= 4 is 11.9 Å². The third kappa shape index (κ3) is 2.86. The second-order valence-electron chi connectivity index (χ2n) is 8.10. The number of aromatic amines is 1. The Labute approximate surface area is 148 Å². The van der Waals surface area contributed by atoms with Gasteiger partial charge in [-0.2, -0.15) is 0 Å². The maximum absolute atomic E-state index is 12.8. The van der Waals surface area contributed by atoms with E-state index in [2.05, 4.69) is 24.1 Å². The highest BCUT2D eigenvalue weighted by Crippen LogP contribution is 2.52. The number of amides is 1. The van der Waals surface area contributed by atoms with E-state index in [1.807, 2.05) is 13.8 Å². The van der Waals surface area contributed by atoms with Crippen molar-refractivity contribution in [2.24, 2.45) is 11.3 Å². The van der Waals surface area contributed by atoms with Gasteiger partial charge in [-0.05, 0) is 39.7 Å². The number of esters is 1. The van der Waals surface area contributed by atoms with Crippen LogP contribution in [0.1, 0.15) is 66.2 Å². The van der Waals surface area contributed by atoms with Crippen LogP contribution in [0.15, 0.2) is 0 Å². The van der Waals surface area contributed by atoms with Crippen LogP contribution in [0.4, 0.5) is 0 Å². The maximum Gasteiger partial charge on any atom is 0.340 e. The molecule has 1 aliphatic heterocycles. The van der Waals surface area contributed by atoms with Crippen molar-refractivity contribution in [3.63, 3.8) is 0 Å². The van der Waals surface area contributed by atoms with E-state index in [9.17, 15) is 9.59 Å². The maximum atomic E-state index is 12.8. The first kappa shape index (κ1) is 18.0. The Hall–Kier alpha value is -1.82. The number of rotatable bonds is 4. The largest absolute Gasteiger partial charge is 0.459 e. The van der Waals surface area contributed by atoms with E-state index in [0.717, 1.165) is 13.0 Å². The van der Waals surface area contributed by atoms with Crippen molar-refractivity contribution < 1.29 is 19.1 Å². The van der Waals surface area contributed by atoms with Gasteiger partial charge in [0.25, 0.3) is 5.91 Å². The van der Waals surface area contributed by atoms with Gasteiger partial charge in [-0.1, -0.05) is 13.8 Å². The van der Waals surface area contributed by atoms with Crippen molar-refractivity contribution in [2.45, 2.75) is 66.2 Å². The van der Waals surface area contributed by atoms with Gasteiger partial charge in [0.1, 0.15) is 5.69 Å². The lowest BCUT2D eigenvalue weighted by Gasteiger charge is -2.54. The Balaban J connectivity index is 1.78. The molecule has 0 unspecified atom stereocenters. The Morgan fingerprint density at radius 1 is 1.32 bits per heavy atom. The third-order valence-corrected chi connectivity index (χ3v) is 5.60. The zero-order chi connectivity index (χ0) is 18.5. The van der Waals surface area contributed by atoms with E-state index < -0.39 is 5.97 Å². The first-order valence-electron chi connectivity index (χ1n) is 8.97. The van der Waals surface area contributed by atoms with E-state index in [-0.39, 0.29) is 29.6 Å². The number of nitrogens with one attached hydrogen (secondary N) is 2. The second-order valence-corrected chi connectivity index (χ2v) is 8.10. The molecule has 0 aromatic carbocycles. The van der Waals surface area contributed by atoms with E-state index >= 15 is 0 Å².